The molecule has 5 aromatic rings. The summed E-state index contributed by atoms with van der Waals surface area (Å²) < 4.78 is 10.4. The summed E-state index contributed by atoms with van der Waals surface area (Å²) in [6, 6.07) is 1.59. The van der Waals surface area contributed by atoms with Crippen molar-refractivity contribution in [3.8, 4) is 11.6 Å². The lowest BCUT2D eigenvalue weighted by molar-refractivity contribution is 0.0601. The Morgan fingerprint density at radius 3 is 1.75 bits per heavy atom. The normalized spacial score (nSPS) is 11.7. The van der Waals surface area contributed by atoms with E-state index >= 15 is 0 Å². The summed E-state index contributed by atoms with van der Waals surface area (Å²) >= 11 is 0. The van der Waals surface area contributed by atoms with Crippen molar-refractivity contribution in [3.63, 3.8) is 0 Å². The highest BCUT2D eigenvalue weighted by molar-refractivity contribution is 6.00. The number of nitrogens with two attached hydrogens (primary N) is 2. The van der Waals surface area contributed by atoms with Crippen LogP contribution in [0.15, 0.2) is 45.2 Å². The van der Waals surface area contributed by atoms with E-state index in [4.69, 9.17) is 16.2 Å². The second-order valence-corrected chi connectivity index (χ2v) is 10.4. The molecule has 250 valence electrons. The van der Waals surface area contributed by atoms with Gasteiger partial charge in [-0.05, 0) is 12.8 Å². The van der Waals surface area contributed by atoms with Crippen molar-refractivity contribution < 1.29 is 19.4 Å². The number of nitrogens with zero attached hydrogens (tertiary/aromatic N) is 14. The highest BCUT2D eigenvalue weighted by Gasteiger charge is 2.23. The van der Waals surface area contributed by atoms with Crippen LogP contribution in [-0.4, -0.2) is 79.7 Å². The molecule has 0 aliphatic heterocycles. The Morgan fingerprint density at radius 2 is 1.29 bits per heavy atom. The van der Waals surface area contributed by atoms with E-state index in [9.17, 15) is 14.7 Å². The number of Topliss-reactive ketones (excluding diaryl/α,β-unsaturated/α-hetero) is 1. The largest absolute Gasteiger partial charge is 0.465 e. The van der Waals surface area contributed by atoms with Crippen LogP contribution in [0.1, 0.15) is 58.8 Å². The maximum absolute atomic E-state index is 12.2. The predicted molar refractivity (Wildman–Crippen MR) is 171 cm³/mol. The first-order valence-electron chi connectivity index (χ1n) is 14.8. The Bertz CT molecular complexity index is 1890. The molecule has 0 spiro atoms. The van der Waals surface area contributed by atoms with E-state index < -0.39 is 18.4 Å². The lowest BCUT2D eigenvalue weighted by atomic mass is 10.2. The molecule has 0 radical (unpaired) electrons. The van der Waals surface area contributed by atoms with Crippen molar-refractivity contribution in [1.29, 1.82) is 0 Å². The van der Waals surface area contributed by atoms with Crippen LogP contribution in [0.4, 0.5) is 34.6 Å². The van der Waals surface area contributed by atoms with Crippen LogP contribution in [0.2, 0.25) is 0 Å². The SMILES string of the molecule is CCCc1nn(-c2cc(-n3nc(CCC)c(/N=N/c4c(C(=O)OC)cnn4C)c3N)ncn2)c(N)c1/N=N/c1c(C(=O)CO)cnn1C. The van der Waals surface area contributed by atoms with E-state index in [1.54, 1.807) is 20.2 Å². The molecular weight excluding hydrogens is 624 g/mol. The van der Waals surface area contributed by atoms with Crippen LogP contribution in [0.3, 0.4) is 0 Å². The highest BCUT2D eigenvalue weighted by atomic mass is 16.5. The number of aliphatic hydroxyl groups excluding tert-OH is 1. The van der Waals surface area contributed by atoms with Gasteiger partial charge in [-0.1, -0.05) is 26.7 Å². The lowest BCUT2D eigenvalue weighted by Gasteiger charge is -2.06. The zero-order valence-corrected chi connectivity index (χ0v) is 26.9. The molecule has 0 amide bonds. The summed E-state index contributed by atoms with van der Waals surface area (Å²) in [4.78, 5) is 33.1. The summed E-state index contributed by atoms with van der Waals surface area (Å²) in [6.07, 6.45) is 6.49. The van der Waals surface area contributed by atoms with Crippen LogP contribution in [0.5, 0.6) is 0 Å². The van der Waals surface area contributed by atoms with Gasteiger partial charge in [0.2, 0.25) is 0 Å². The van der Waals surface area contributed by atoms with E-state index in [0.29, 0.717) is 41.6 Å². The third kappa shape index (κ3) is 6.27. The Morgan fingerprint density at radius 1 is 0.812 bits per heavy atom. The number of hydrogen-bond donors (Lipinski definition) is 3. The smallest absolute Gasteiger partial charge is 0.343 e. The van der Waals surface area contributed by atoms with Crippen LogP contribution in [0.25, 0.3) is 11.6 Å². The quantitative estimate of drug-likeness (QED) is 0.0935. The third-order valence-electron chi connectivity index (χ3n) is 7.13. The number of rotatable bonds is 13. The van der Waals surface area contributed by atoms with Gasteiger partial charge < -0.3 is 21.3 Å². The first-order chi connectivity index (χ1) is 23.1. The molecule has 5 N–H and O–H groups in total. The Kier molecular flexibility index (Phi) is 9.73. The number of aliphatic hydroxyl groups is 1. The first kappa shape index (κ1) is 33.2. The van der Waals surface area contributed by atoms with E-state index in [1.165, 1.54) is 44.6 Å². The number of carbonyl (C=O) groups excluding carboxylic acids is 2. The topological polar surface area (TPSA) is 262 Å². The zero-order chi connectivity index (χ0) is 34.5. The molecule has 20 nitrogen and oxygen atoms in total. The summed E-state index contributed by atoms with van der Waals surface area (Å²) in [7, 11) is 4.49. The van der Waals surface area contributed by atoms with Gasteiger partial charge in [-0.3, -0.25) is 4.79 Å². The van der Waals surface area contributed by atoms with Gasteiger partial charge in [0.05, 0.1) is 36.5 Å². The molecule has 0 aliphatic rings. The molecule has 0 fully saturated rings. The number of hydrogen-bond acceptors (Lipinski definition) is 16. The van der Waals surface area contributed by atoms with Gasteiger partial charge in [-0.25, -0.2) is 24.1 Å². The molecule has 0 atom stereocenters. The van der Waals surface area contributed by atoms with Crippen molar-refractivity contribution in [3.05, 3.63) is 47.3 Å². The molecule has 0 unspecified atom stereocenters. The highest BCUT2D eigenvalue weighted by Crippen LogP contribution is 2.34. The number of ketones is 1. The fraction of sp³-hybridized carbons (Fsp3) is 0.357. The number of aromatic nitrogens is 10. The first-order valence-corrected chi connectivity index (χ1v) is 14.8. The number of azo groups is 2. The second-order valence-electron chi connectivity index (χ2n) is 10.4. The van der Waals surface area contributed by atoms with Gasteiger partial charge in [-0.15, -0.1) is 20.5 Å². The monoisotopic (exact) mass is 658 g/mol. The number of ether oxygens (including phenoxy) is 1. The number of nitrogen functional groups attached to an aromatic ring is 2. The van der Waals surface area contributed by atoms with Crippen molar-refractivity contribution in [2.45, 2.75) is 39.5 Å². The summed E-state index contributed by atoms with van der Waals surface area (Å²) in [6.45, 7) is 3.27. The van der Waals surface area contributed by atoms with Crippen LogP contribution in [-0.2, 0) is 31.7 Å². The maximum atomic E-state index is 12.2. The molecule has 48 heavy (non-hydrogen) atoms. The number of aryl methyl sites for hydroxylation is 4. The zero-order valence-electron chi connectivity index (χ0n) is 26.9. The molecule has 0 saturated heterocycles. The minimum absolute atomic E-state index is 0.120. The van der Waals surface area contributed by atoms with Crippen molar-refractivity contribution >= 4 is 46.4 Å². The number of carbonyl (C=O) groups is 2. The molecule has 0 saturated carbocycles. The van der Waals surface area contributed by atoms with Gasteiger partial charge in [0.25, 0.3) is 0 Å². The van der Waals surface area contributed by atoms with Gasteiger partial charge in [0.1, 0.15) is 18.5 Å². The van der Waals surface area contributed by atoms with Crippen LogP contribution < -0.4 is 11.5 Å². The second kappa shape index (κ2) is 14.1. The standard InChI is InChI=1S/C28H34N16O4/c1-6-8-17-22(35-37-26-15(19(46)13-45)11-33-41(26)3)24(29)43(39-17)20-10-21(32-14-31-20)44-25(30)23(18(40-44)9-7-2)36-38-27-16(28(47)48-5)12-34-42(27)4/h10-12,14,45H,6-9,13,29-30H2,1-5H3/b37-35+,38-36+. The summed E-state index contributed by atoms with van der Waals surface area (Å²) in [5.74, 6) is 0.0591. The number of anilines is 2. The molecule has 5 rings (SSSR count). The fourth-order valence-corrected chi connectivity index (χ4v) is 4.72. The van der Waals surface area contributed by atoms with Crippen LogP contribution >= 0.6 is 0 Å². The minimum Gasteiger partial charge on any atom is -0.465 e. The van der Waals surface area contributed by atoms with Gasteiger partial charge in [-0.2, -0.15) is 29.8 Å². The lowest BCUT2D eigenvalue weighted by Crippen LogP contribution is -2.09. The molecule has 0 bridgehead atoms. The number of methoxy groups -OCH3 is 1. The third-order valence-corrected chi connectivity index (χ3v) is 7.13. The molecule has 5 aromatic heterocycles. The van der Waals surface area contributed by atoms with Crippen molar-refractivity contribution in [1.82, 2.24) is 49.1 Å². The molecular formula is C28H34N16O4. The number of esters is 1. The van der Waals surface area contributed by atoms with Crippen molar-refractivity contribution in [2.24, 2.45) is 34.6 Å². The van der Waals surface area contributed by atoms with Gasteiger partial charge in [0, 0.05) is 20.2 Å². The van der Waals surface area contributed by atoms with E-state index in [0.717, 1.165) is 12.8 Å². The Hall–Kier alpha value is -6.18. The predicted octanol–water partition coefficient (Wildman–Crippen LogP) is 3.18. The van der Waals surface area contributed by atoms with E-state index in [-0.39, 0.29) is 40.1 Å². The molecule has 20 heteroatoms. The Labute approximate surface area is 273 Å². The van der Waals surface area contributed by atoms with Gasteiger partial charge >= 0.3 is 5.97 Å². The summed E-state index contributed by atoms with van der Waals surface area (Å²) in [5, 5.41) is 43.9. The summed E-state index contributed by atoms with van der Waals surface area (Å²) in [5.41, 5.74) is 15.0. The maximum Gasteiger partial charge on any atom is 0.343 e. The average molecular weight is 659 g/mol. The van der Waals surface area contributed by atoms with Crippen molar-refractivity contribution in [2.75, 3.05) is 25.2 Å². The van der Waals surface area contributed by atoms with E-state index in [1.807, 2.05) is 13.8 Å². The average Bonchev–Trinajstić information content (AvgIpc) is 3.82. The van der Waals surface area contributed by atoms with E-state index in [2.05, 4.69) is 50.8 Å². The molecule has 0 aliphatic carbocycles. The van der Waals surface area contributed by atoms with Gasteiger partial charge in [0.15, 0.2) is 52.1 Å². The van der Waals surface area contributed by atoms with Crippen LogP contribution in [0, 0.1) is 0 Å². The Balaban J connectivity index is 1.54. The fourth-order valence-electron chi connectivity index (χ4n) is 4.72. The molecule has 0 aromatic carbocycles. The minimum atomic E-state index is -0.697. The molecule has 5 heterocycles.